The Morgan fingerprint density at radius 2 is 2.00 bits per heavy atom. The molecule has 0 aliphatic carbocycles. The van der Waals surface area contributed by atoms with E-state index in [4.69, 9.17) is 5.73 Å². The average Bonchev–Trinajstić information content (AvgIpc) is 1.98. The van der Waals surface area contributed by atoms with E-state index in [0.717, 1.165) is 19.3 Å². The van der Waals surface area contributed by atoms with Crippen molar-refractivity contribution in [3.8, 4) is 0 Å². The molecule has 0 radical (unpaired) electrons. The lowest BCUT2D eigenvalue weighted by Gasteiger charge is -2.12. The van der Waals surface area contributed by atoms with Crippen LogP contribution in [0.25, 0.3) is 0 Å². The molecule has 0 aliphatic heterocycles. The molecule has 12 heavy (non-hydrogen) atoms. The van der Waals surface area contributed by atoms with Gasteiger partial charge in [-0.25, -0.2) is 0 Å². The van der Waals surface area contributed by atoms with Gasteiger partial charge in [-0.1, -0.05) is 27.2 Å². The van der Waals surface area contributed by atoms with Gasteiger partial charge in [0.2, 0.25) is 0 Å². The van der Waals surface area contributed by atoms with Crippen molar-refractivity contribution >= 4 is 5.78 Å². The summed E-state index contributed by atoms with van der Waals surface area (Å²) in [6.07, 6.45) is 3.53. The summed E-state index contributed by atoms with van der Waals surface area (Å²) in [7, 11) is 0. The van der Waals surface area contributed by atoms with Crippen LogP contribution in [-0.4, -0.2) is 11.8 Å². The van der Waals surface area contributed by atoms with Gasteiger partial charge in [-0.3, -0.25) is 4.79 Å². The van der Waals surface area contributed by atoms with Crippen LogP contribution < -0.4 is 5.73 Å². The quantitative estimate of drug-likeness (QED) is 0.665. The molecule has 0 rings (SSSR count). The minimum atomic E-state index is -0.225. The number of hydrogen-bond donors (Lipinski definition) is 1. The number of carbonyl (C=O) groups excluding carboxylic acids is 1. The molecule has 1 atom stereocenters. The first-order chi connectivity index (χ1) is 5.57. The maximum absolute atomic E-state index is 11.3. The second-order valence-electron chi connectivity index (χ2n) is 3.81. The van der Waals surface area contributed by atoms with Crippen molar-refractivity contribution < 1.29 is 4.79 Å². The monoisotopic (exact) mass is 171 g/mol. The molecule has 0 fully saturated rings. The predicted molar refractivity (Wildman–Crippen MR) is 52.0 cm³/mol. The Kier molecular flexibility index (Phi) is 5.99. The summed E-state index contributed by atoms with van der Waals surface area (Å²) in [6, 6.07) is -0.225. The van der Waals surface area contributed by atoms with Crippen LogP contribution in [0.4, 0.5) is 0 Å². The second kappa shape index (κ2) is 6.18. The van der Waals surface area contributed by atoms with Gasteiger partial charge in [0.1, 0.15) is 5.78 Å². The van der Waals surface area contributed by atoms with E-state index in [0.29, 0.717) is 12.3 Å². The van der Waals surface area contributed by atoms with Crippen molar-refractivity contribution in [1.82, 2.24) is 0 Å². The summed E-state index contributed by atoms with van der Waals surface area (Å²) in [5, 5.41) is 0. The highest BCUT2D eigenvalue weighted by Gasteiger charge is 2.13. The number of rotatable bonds is 6. The highest BCUT2D eigenvalue weighted by Crippen LogP contribution is 2.06. The highest BCUT2D eigenvalue weighted by atomic mass is 16.1. The Morgan fingerprint density at radius 3 is 2.42 bits per heavy atom. The zero-order chi connectivity index (χ0) is 9.56. The molecule has 2 heteroatoms. The van der Waals surface area contributed by atoms with E-state index in [9.17, 15) is 4.79 Å². The normalized spacial score (nSPS) is 13.4. The third kappa shape index (κ3) is 5.30. The lowest BCUT2D eigenvalue weighted by molar-refractivity contribution is -0.120. The molecule has 0 saturated heterocycles. The van der Waals surface area contributed by atoms with Crippen molar-refractivity contribution in [3.05, 3.63) is 0 Å². The third-order valence-electron chi connectivity index (χ3n) is 1.92. The summed E-state index contributed by atoms with van der Waals surface area (Å²) >= 11 is 0. The molecule has 0 saturated carbocycles. The number of Topliss-reactive ketones (excluding diaryl/α,β-unsaturated/α-hetero) is 1. The van der Waals surface area contributed by atoms with Crippen LogP contribution in [0.2, 0.25) is 0 Å². The van der Waals surface area contributed by atoms with Gasteiger partial charge in [0.05, 0.1) is 6.04 Å². The van der Waals surface area contributed by atoms with Crippen LogP contribution in [0, 0.1) is 5.92 Å². The van der Waals surface area contributed by atoms with Crippen molar-refractivity contribution in [1.29, 1.82) is 0 Å². The van der Waals surface area contributed by atoms with Gasteiger partial charge in [-0.05, 0) is 18.8 Å². The van der Waals surface area contributed by atoms with E-state index < -0.39 is 0 Å². The van der Waals surface area contributed by atoms with E-state index >= 15 is 0 Å². The fraction of sp³-hybridized carbons (Fsp3) is 0.900. The van der Waals surface area contributed by atoms with Gasteiger partial charge in [0, 0.05) is 6.42 Å². The Hall–Kier alpha value is -0.370. The maximum atomic E-state index is 11.3. The van der Waals surface area contributed by atoms with Crippen LogP contribution in [0.15, 0.2) is 0 Å². The topological polar surface area (TPSA) is 43.1 Å². The fourth-order valence-corrected chi connectivity index (χ4v) is 1.18. The molecular weight excluding hydrogens is 150 g/mol. The lowest BCUT2D eigenvalue weighted by atomic mass is 9.98. The molecule has 0 aromatic heterocycles. The average molecular weight is 171 g/mol. The predicted octanol–water partition coefficient (Wildman–Crippen LogP) is 2.12. The molecule has 0 aromatic carbocycles. The third-order valence-corrected chi connectivity index (χ3v) is 1.92. The van der Waals surface area contributed by atoms with Crippen LogP contribution in [0.5, 0.6) is 0 Å². The molecule has 0 aromatic rings. The largest absolute Gasteiger partial charge is 0.322 e. The van der Waals surface area contributed by atoms with Crippen LogP contribution >= 0.6 is 0 Å². The van der Waals surface area contributed by atoms with Crippen LogP contribution in [0.1, 0.15) is 46.5 Å². The Bertz CT molecular complexity index is 132. The molecule has 0 aliphatic rings. The Balaban J connectivity index is 3.61. The number of unbranched alkanes of at least 4 members (excludes halogenated alkanes) is 1. The Morgan fingerprint density at radius 1 is 1.42 bits per heavy atom. The van der Waals surface area contributed by atoms with Crippen molar-refractivity contribution in [2.45, 2.75) is 52.5 Å². The van der Waals surface area contributed by atoms with E-state index in [-0.39, 0.29) is 11.8 Å². The molecule has 0 amide bonds. The van der Waals surface area contributed by atoms with Gasteiger partial charge in [0.25, 0.3) is 0 Å². The van der Waals surface area contributed by atoms with Crippen molar-refractivity contribution in [2.75, 3.05) is 0 Å². The standard InChI is InChI=1S/C10H21NO/c1-4-5-6-10(12)9(11)7-8(2)3/h8-9H,4-7,11H2,1-3H3. The van der Waals surface area contributed by atoms with E-state index in [2.05, 4.69) is 20.8 Å². The second-order valence-corrected chi connectivity index (χ2v) is 3.81. The van der Waals surface area contributed by atoms with Gasteiger partial charge in [0.15, 0.2) is 0 Å². The summed E-state index contributed by atoms with van der Waals surface area (Å²) in [5.41, 5.74) is 5.71. The summed E-state index contributed by atoms with van der Waals surface area (Å²) in [6.45, 7) is 6.27. The first-order valence-electron chi connectivity index (χ1n) is 4.86. The summed E-state index contributed by atoms with van der Waals surface area (Å²) < 4.78 is 0. The highest BCUT2D eigenvalue weighted by molar-refractivity contribution is 5.83. The van der Waals surface area contributed by atoms with Crippen LogP contribution in [-0.2, 0) is 4.79 Å². The van der Waals surface area contributed by atoms with Crippen molar-refractivity contribution in [3.63, 3.8) is 0 Å². The van der Waals surface area contributed by atoms with Crippen LogP contribution in [0.3, 0.4) is 0 Å². The number of hydrogen-bond acceptors (Lipinski definition) is 2. The van der Waals surface area contributed by atoms with Gasteiger partial charge in [-0.2, -0.15) is 0 Å². The van der Waals surface area contributed by atoms with Gasteiger partial charge < -0.3 is 5.73 Å². The number of nitrogens with two attached hydrogens (primary N) is 1. The zero-order valence-corrected chi connectivity index (χ0v) is 8.47. The molecule has 0 bridgehead atoms. The molecule has 2 N–H and O–H groups in total. The van der Waals surface area contributed by atoms with E-state index in [1.165, 1.54) is 0 Å². The molecule has 0 spiro atoms. The minimum absolute atomic E-state index is 0.225. The summed E-state index contributed by atoms with van der Waals surface area (Å²) in [5.74, 6) is 0.746. The summed E-state index contributed by atoms with van der Waals surface area (Å²) in [4.78, 5) is 11.3. The van der Waals surface area contributed by atoms with Gasteiger partial charge >= 0.3 is 0 Å². The number of ketones is 1. The Labute approximate surface area is 75.5 Å². The smallest absolute Gasteiger partial charge is 0.149 e. The number of carbonyl (C=O) groups is 1. The minimum Gasteiger partial charge on any atom is -0.322 e. The molecule has 1 unspecified atom stereocenters. The molecule has 0 heterocycles. The molecule has 72 valence electrons. The van der Waals surface area contributed by atoms with Gasteiger partial charge in [-0.15, -0.1) is 0 Å². The first-order valence-corrected chi connectivity index (χ1v) is 4.86. The fourth-order valence-electron chi connectivity index (χ4n) is 1.18. The zero-order valence-electron chi connectivity index (χ0n) is 8.47. The SMILES string of the molecule is CCCCC(=O)C(N)CC(C)C. The maximum Gasteiger partial charge on any atom is 0.149 e. The van der Waals surface area contributed by atoms with Crippen molar-refractivity contribution in [2.24, 2.45) is 11.7 Å². The molecular formula is C10H21NO. The first kappa shape index (κ1) is 11.6. The molecule has 2 nitrogen and oxygen atoms in total. The lowest BCUT2D eigenvalue weighted by Crippen LogP contribution is -2.31. The van der Waals surface area contributed by atoms with E-state index in [1.807, 2.05) is 0 Å². The van der Waals surface area contributed by atoms with E-state index in [1.54, 1.807) is 0 Å².